The molecule has 6 heteroatoms. The van der Waals surface area contributed by atoms with Crippen LogP contribution in [0, 0.1) is 0 Å². The van der Waals surface area contributed by atoms with Gasteiger partial charge in [0.2, 0.25) is 5.95 Å². The first-order valence-corrected chi connectivity index (χ1v) is 6.84. The van der Waals surface area contributed by atoms with Crippen molar-refractivity contribution in [2.45, 2.75) is 19.8 Å². The molecule has 0 aliphatic rings. The van der Waals surface area contributed by atoms with Gasteiger partial charge in [-0.3, -0.25) is 15.2 Å². The number of nitrogens with zero attached hydrogens (tertiary/aromatic N) is 3. The van der Waals surface area contributed by atoms with Crippen LogP contribution in [0.5, 0.6) is 0 Å². The van der Waals surface area contributed by atoms with E-state index < -0.39 is 0 Å². The number of hydrogen-bond acceptors (Lipinski definition) is 3. The van der Waals surface area contributed by atoms with Crippen LogP contribution in [0.4, 0.5) is 5.95 Å². The molecule has 6 nitrogen and oxygen atoms in total. The van der Waals surface area contributed by atoms with E-state index >= 15 is 0 Å². The highest BCUT2D eigenvalue weighted by atomic mass is 16.2. The van der Waals surface area contributed by atoms with E-state index in [4.69, 9.17) is 0 Å². The van der Waals surface area contributed by atoms with Gasteiger partial charge in [-0.15, -0.1) is 5.10 Å². The molecule has 0 aliphatic heterocycles. The Morgan fingerprint density at radius 3 is 2.76 bits per heavy atom. The predicted molar refractivity (Wildman–Crippen MR) is 81.3 cm³/mol. The summed E-state index contributed by atoms with van der Waals surface area (Å²) in [5.41, 5.74) is 1.59. The second-order valence-electron chi connectivity index (χ2n) is 5.30. The first-order chi connectivity index (χ1) is 10.1. The van der Waals surface area contributed by atoms with Crippen molar-refractivity contribution < 1.29 is 4.79 Å². The number of aryl methyl sites for hydroxylation is 1. The lowest BCUT2D eigenvalue weighted by atomic mass is 10.2. The van der Waals surface area contributed by atoms with E-state index in [9.17, 15) is 4.79 Å². The highest BCUT2D eigenvalue weighted by Crippen LogP contribution is 2.19. The van der Waals surface area contributed by atoms with Crippen LogP contribution in [-0.4, -0.2) is 25.7 Å². The van der Waals surface area contributed by atoms with Crippen molar-refractivity contribution >= 4 is 22.8 Å². The molecule has 2 heterocycles. The van der Waals surface area contributed by atoms with Crippen molar-refractivity contribution in [2.24, 2.45) is 7.05 Å². The van der Waals surface area contributed by atoms with Crippen LogP contribution in [0.2, 0.25) is 0 Å². The maximum absolute atomic E-state index is 12.4. The number of anilines is 1. The van der Waals surface area contributed by atoms with Crippen molar-refractivity contribution in [2.75, 3.05) is 5.32 Å². The topological polar surface area (TPSA) is 75.6 Å². The Bertz CT molecular complexity index is 799. The van der Waals surface area contributed by atoms with Gasteiger partial charge in [0.1, 0.15) is 11.5 Å². The molecular weight excluding hydrogens is 266 g/mol. The molecule has 0 saturated carbocycles. The van der Waals surface area contributed by atoms with Crippen LogP contribution in [0.1, 0.15) is 36.1 Å². The first kappa shape index (κ1) is 13.4. The number of fused-ring (bicyclic) bond motifs is 1. The van der Waals surface area contributed by atoms with E-state index in [2.05, 4.69) is 20.5 Å². The minimum atomic E-state index is -0.219. The molecule has 21 heavy (non-hydrogen) atoms. The molecule has 0 spiro atoms. The molecule has 3 aromatic rings. The molecular formula is C15H17N5O. The van der Waals surface area contributed by atoms with E-state index in [-0.39, 0.29) is 11.8 Å². The highest BCUT2D eigenvalue weighted by Gasteiger charge is 2.15. The van der Waals surface area contributed by atoms with Gasteiger partial charge < -0.3 is 4.57 Å². The molecule has 108 valence electrons. The van der Waals surface area contributed by atoms with Crippen LogP contribution < -0.4 is 5.32 Å². The number of para-hydroxylation sites is 1. The highest BCUT2D eigenvalue weighted by molar-refractivity contribution is 6.05. The van der Waals surface area contributed by atoms with Gasteiger partial charge in [0.25, 0.3) is 5.91 Å². The number of rotatable bonds is 3. The number of aromatic nitrogens is 4. The molecule has 3 rings (SSSR count). The zero-order valence-electron chi connectivity index (χ0n) is 12.2. The maximum Gasteiger partial charge on any atom is 0.274 e. The normalized spacial score (nSPS) is 11.2. The summed E-state index contributed by atoms with van der Waals surface area (Å²) in [5, 5.41) is 10.6. The molecule has 2 aromatic heterocycles. The van der Waals surface area contributed by atoms with Gasteiger partial charge in [-0.25, -0.2) is 0 Å². The molecule has 0 unspecified atom stereocenters. The lowest BCUT2D eigenvalue weighted by Gasteiger charge is -2.03. The predicted octanol–water partition coefficient (Wildman–Crippen LogP) is 2.67. The lowest BCUT2D eigenvalue weighted by Crippen LogP contribution is -2.16. The second-order valence-corrected chi connectivity index (χ2v) is 5.30. The number of carbonyl (C=O) groups excluding carboxylic acids is 1. The van der Waals surface area contributed by atoms with Crippen LogP contribution in [-0.2, 0) is 7.05 Å². The average molecular weight is 283 g/mol. The third-order valence-corrected chi connectivity index (χ3v) is 3.46. The third kappa shape index (κ3) is 2.40. The fraction of sp³-hybridized carbons (Fsp3) is 0.267. The lowest BCUT2D eigenvalue weighted by molar-refractivity contribution is 0.101. The molecule has 0 radical (unpaired) electrons. The van der Waals surface area contributed by atoms with Crippen molar-refractivity contribution in [3.05, 3.63) is 41.9 Å². The molecule has 0 saturated heterocycles. The van der Waals surface area contributed by atoms with Crippen molar-refractivity contribution in [1.29, 1.82) is 0 Å². The third-order valence-electron chi connectivity index (χ3n) is 3.46. The summed E-state index contributed by atoms with van der Waals surface area (Å²) >= 11 is 0. The smallest absolute Gasteiger partial charge is 0.274 e. The van der Waals surface area contributed by atoms with Gasteiger partial charge in [0, 0.05) is 23.9 Å². The molecule has 2 N–H and O–H groups in total. The number of nitrogens with one attached hydrogen (secondary N) is 2. The van der Waals surface area contributed by atoms with Crippen LogP contribution in [0.15, 0.2) is 30.3 Å². The summed E-state index contributed by atoms with van der Waals surface area (Å²) in [5.74, 6) is 1.07. The summed E-state index contributed by atoms with van der Waals surface area (Å²) in [6.45, 7) is 4.02. The monoisotopic (exact) mass is 283 g/mol. The van der Waals surface area contributed by atoms with Crippen molar-refractivity contribution in [3.63, 3.8) is 0 Å². The van der Waals surface area contributed by atoms with Gasteiger partial charge in [-0.1, -0.05) is 32.0 Å². The van der Waals surface area contributed by atoms with E-state index in [0.29, 0.717) is 11.6 Å². The number of benzene rings is 1. The SMILES string of the molecule is CC(C)c1nc(NC(=O)c2cc3ccccc3n2C)n[nH]1. The summed E-state index contributed by atoms with van der Waals surface area (Å²) in [7, 11) is 1.87. The van der Waals surface area contributed by atoms with Crippen LogP contribution >= 0.6 is 0 Å². The zero-order valence-corrected chi connectivity index (χ0v) is 12.2. The van der Waals surface area contributed by atoms with Crippen LogP contribution in [0.25, 0.3) is 10.9 Å². The minimum absolute atomic E-state index is 0.219. The van der Waals surface area contributed by atoms with Crippen molar-refractivity contribution in [3.8, 4) is 0 Å². The fourth-order valence-electron chi connectivity index (χ4n) is 2.26. The zero-order chi connectivity index (χ0) is 15.0. The number of aromatic amines is 1. The van der Waals surface area contributed by atoms with E-state index in [0.717, 1.165) is 16.7 Å². The largest absolute Gasteiger partial charge is 0.340 e. The summed E-state index contributed by atoms with van der Waals surface area (Å²) < 4.78 is 1.86. The Hall–Kier alpha value is -2.63. The van der Waals surface area contributed by atoms with Gasteiger partial charge in [0.15, 0.2) is 0 Å². The van der Waals surface area contributed by atoms with Gasteiger partial charge in [0.05, 0.1) is 0 Å². The molecule has 0 aliphatic carbocycles. The Labute approximate surface area is 122 Å². The molecule has 0 bridgehead atoms. The average Bonchev–Trinajstić information content (AvgIpc) is 3.05. The molecule has 0 fully saturated rings. The summed E-state index contributed by atoms with van der Waals surface area (Å²) in [4.78, 5) is 16.6. The number of carbonyl (C=O) groups is 1. The van der Waals surface area contributed by atoms with Gasteiger partial charge >= 0.3 is 0 Å². The number of amides is 1. The summed E-state index contributed by atoms with van der Waals surface area (Å²) in [6.07, 6.45) is 0. The fourth-order valence-corrected chi connectivity index (χ4v) is 2.26. The van der Waals surface area contributed by atoms with E-state index in [1.54, 1.807) is 0 Å². The number of H-pyrrole nitrogens is 1. The first-order valence-electron chi connectivity index (χ1n) is 6.84. The van der Waals surface area contributed by atoms with Crippen LogP contribution in [0.3, 0.4) is 0 Å². The molecule has 1 aromatic carbocycles. The Kier molecular flexibility index (Phi) is 3.21. The van der Waals surface area contributed by atoms with Crippen molar-refractivity contribution in [1.82, 2.24) is 19.7 Å². The maximum atomic E-state index is 12.4. The molecule has 0 atom stereocenters. The molecule has 1 amide bonds. The Morgan fingerprint density at radius 2 is 2.10 bits per heavy atom. The number of hydrogen-bond donors (Lipinski definition) is 2. The Morgan fingerprint density at radius 1 is 1.33 bits per heavy atom. The second kappa shape index (κ2) is 5.05. The summed E-state index contributed by atoms with van der Waals surface area (Å²) in [6, 6.07) is 9.73. The van der Waals surface area contributed by atoms with Gasteiger partial charge in [-0.05, 0) is 12.1 Å². The van der Waals surface area contributed by atoms with E-state index in [1.165, 1.54) is 0 Å². The van der Waals surface area contributed by atoms with E-state index in [1.807, 2.05) is 55.8 Å². The van der Waals surface area contributed by atoms with Gasteiger partial charge in [-0.2, -0.15) is 4.98 Å². The Balaban J connectivity index is 1.88. The minimum Gasteiger partial charge on any atom is -0.340 e. The quantitative estimate of drug-likeness (QED) is 0.776. The standard InChI is InChI=1S/C15H17N5O/c1-9(2)13-16-15(19-18-13)17-14(21)12-8-10-6-4-5-7-11(10)20(12)3/h4-9H,1-3H3,(H2,16,17,18,19,21).